The van der Waals surface area contributed by atoms with Crippen molar-refractivity contribution in [2.24, 2.45) is 5.92 Å². The molecule has 1 heterocycles. The third-order valence-corrected chi connectivity index (χ3v) is 10.0. The van der Waals surface area contributed by atoms with Crippen LogP contribution >= 0.6 is 0 Å². The maximum absolute atomic E-state index is 13.5. The average Bonchev–Trinajstić information content (AvgIpc) is 3.04. The summed E-state index contributed by atoms with van der Waals surface area (Å²) in [7, 11) is -3.69. The van der Waals surface area contributed by atoms with Gasteiger partial charge in [-0.25, -0.2) is 13.1 Å². The molecule has 0 bridgehead atoms. The number of hydrogen-bond donors (Lipinski definition) is 2. The van der Waals surface area contributed by atoms with Gasteiger partial charge in [0, 0.05) is 38.0 Å². The van der Waals surface area contributed by atoms with Crippen LogP contribution in [0, 0.1) is 5.92 Å². The lowest BCUT2D eigenvalue weighted by atomic mass is 9.85. The van der Waals surface area contributed by atoms with Gasteiger partial charge in [0.1, 0.15) is 0 Å². The van der Waals surface area contributed by atoms with Gasteiger partial charge >= 0.3 is 5.97 Å². The molecule has 0 spiro atoms. The molecule has 1 amide bonds. The number of benzene rings is 3. The highest BCUT2D eigenvalue weighted by Gasteiger charge is 2.35. The van der Waals surface area contributed by atoms with Crippen molar-refractivity contribution >= 4 is 21.9 Å². The molecule has 2 fully saturated rings. The fourth-order valence-electron chi connectivity index (χ4n) is 6.09. The summed E-state index contributed by atoms with van der Waals surface area (Å²) >= 11 is 0. The molecule has 43 heavy (non-hydrogen) atoms. The van der Waals surface area contributed by atoms with Crippen LogP contribution in [0.1, 0.15) is 56.2 Å². The van der Waals surface area contributed by atoms with E-state index in [0.29, 0.717) is 51.7 Å². The summed E-state index contributed by atoms with van der Waals surface area (Å²) in [6.07, 6.45) is 3.58. The van der Waals surface area contributed by atoms with Crippen LogP contribution < -0.4 is 10.0 Å². The summed E-state index contributed by atoms with van der Waals surface area (Å²) in [5, 5.41) is 3.41. The van der Waals surface area contributed by atoms with Crippen molar-refractivity contribution in [2.45, 2.75) is 62.4 Å². The number of piperazine rings is 1. The molecule has 3 aromatic rings. The van der Waals surface area contributed by atoms with Gasteiger partial charge in [-0.15, -0.1) is 0 Å². The number of aryl methyl sites for hydroxylation is 1. The molecule has 5 rings (SSSR count). The second-order valence-electron chi connectivity index (χ2n) is 11.4. The molecule has 2 aliphatic rings. The highest BCUT2D eigenvalue weighted by molar-refractivity contribution is 7.89. The Labute approximate surface area is 254 Å². The molecular weight excluding hydrogens is 562 g/mol. The van der Waals surface area contributed by atoms with Gasteiger partial charge in [-0.05, 0) is 73.4 Å². The number of carbonyl (C=O) groups is 2. The zero-order valence-corrected chi connectivity index (χ0v) is 25.5. The Balaban J connectivity index is 1.14. The molecule has 0 unspecified atom stereocenters. The molecule has 9 heteroatoms. The van der Waals surface area contributed by atoms with E-state index in [4.69, 9.17) is 4.74 Å². The van der Waals surface area contributed by atoms with E-state index in [1.54, 1.807) is 19.1 Å². The molecule has 1 aliphatic heterocycles. The van der Waals surface area contributed by atoms with E-state index < -0.39 is 10.0 Å². The van der Waals surface area contributed by atoms with Crippen LogP contribution in [0.4, 0.5) is 0 Å². The lowest BCUT2D eigenvalue weighted by molar-refractivity contribution is -0.143. The van der Waals surface area contributed by atoms with E-state index in [-0.39, 0.29) is 34.8 Å². The summed E-state index contributed by atoms with van der Waals surface area (Å²) in [5.74, 6) is -0.106. The topological polar surface area (TPSA) is 105 Å². The predicted octanol–water partition coefficient (Wildman–Crippen LogP) is 4.86. The molecule has 0 aromatic heterocycles. The highest BCUT2D eigenvalue weighted by Crippen LogP contribution is 2.31. The number of ether oxygens (including phenoxy) is 1. The molecule has 1 atom stereocenters. The summed E-state index contributed by atoms with van der Waals surface area (Å²) in [6.45, 7) is 4.39. The van der Waals surface area contributed by atoms with Crippen molar-refractivity contribution < 1.29 is 22.7 Å². The van der Waals surface area contributed by atoms with E-state index in [9.17, 15) is 18.0 Å². The minimum absolute atomic E-state index is 0.0240. The van der Waals surface area contributed by atoms with E-state index in [2.05, 4.69) is 22.2 Å². The number of nitrogens with zero attached hydrogens (tertiary/aromatic N) is 1. The maximum Gasteiger partial charge on any atom is 0.306 e. The van der Waals surface area contributed by atoms with Gasteiger partial charge in [0.25, 0.3) is 0 Å². The second-order valence-corrected chi connectivity index (χ2v) is 13.1. The summed E-state index contributed by atoms with van der Waals surface area (Å²) in [4.78, 5) is 27.4. The van der Waals surface area contributed by atoms with E-state index in [1.807, 2.05) is 59.5 Å². The Hall–Kier alpha value is -3.53. The number of sulfonamides is 1. The van der Waals surface area contributed by atoms with Crippen LogP contribution in [-0.4, -0.2) is 57.5 Å². The smallest absolute Gasteiger partial charge is 0.306 e. The fourth-order valence-corrected chi connectivity index (χ4v) is 7.40. The van der Waals surface area contributed by atoms with Crippen molar-refractivity contribution in [1.29, 1.82) is 0 Å². The molecule has 2 N–H and O–H groups in total. The summed E-state index contributed by atoms with van der Waals surface area (Å²) < 4.78 is 34.3. The van der Waals surface area contributed by atoms with E-state index in [0.717, 1.165) is 35.3 Å². The monoisotopic (exact) mass is 603 g/mol. The van der Waals surface area contributed by atoms with Crippen LogP contribution in [0.25, 0.3) is 11.1 Å². The average molecular weight is 604 g/mol. The van der Waals surface area contributed by atoms with Crippen molar-refractivity contribution in [2.75, 3.05) is 26.2 Å². The number of nitrogens with one attached hydrogen (secondary N) is 2. The minimum atomic E-state index is -3.69. The van der Waals surface area contributed by atoms with Crippen molar-refractivity contribution in [3.63, 3.8) is 0 Å². The lowest BCUT2D eigenvalue weighted by Crippen LogP contribution is -2.51. The fraction of sp³-hybridized carbons (Fsp3) is 0.412. The minimum Gasteiger partial charge on any atom is -0.466 e. The van der Waals surface area contributed by atoms with Gasteiger partial charge in [0.05, 0.1) is 17.5 Å². The standard InChI is InChI=1S/C34H41N3O5S/c1-2-42-33(38)21-10-25-8-11-26(12-9-25)27-15-19-31(20-16-27)43(40,41)36-30-17-13-29(14-18-30)34(39)37-23-22-35-24-32(37)28-6-4-3-5-7-28/h3-9,11-12,15-16,19-20,29-30,32,35-36H,2,10,13-14,17-18,21-24H2,1H3/t29?,30?,32-/m1/s1. The zero-order chi connectivity index (χ0) is 30.2. The van der Waals surface area contributed by atoms with Crippen molar-refractivity contribution in [3.8, 4) is 11.1 Å². The van der Waals surface area contributed by atoms with Crippen molar-refractivity contribution in [1.82, 2.24) is 14.9 Å². The van der Waals surface area contributed by atoms with Gasteiger partial charge in [-0.2, -0.15) is 0 Å². The van der Waals surface area contributed by atoms with Gasteiger partial charge in [0.15, 0.2) is 0 Å². The molecule has 1 saturated heterocycles. The molecule has 8 nitrogen and oxygen atoms in total. The maximum atomic E-state index is 13.5. The number of esters is 1. The Kier molecular flexibility index (Phi) is 10.3. The number of amides is 1. The summed E-state index contributed by atoms with van der Waals surface area (Å²) in [5.41, 5.74) is 4.06. The second kappa shape index (κ2) is 14.3. The predicted molar refractivity (Wildman–Crippen MR) is 167 cm³/mol. The summed E-state index contributed by atoms with van der Waals surface area (Å²) in [6, 6.07) is 24.8. The number of carbonyl (C=O) groups excluding carboxylic acids is 2. The normalized spacial score (nSPS) is 20.9. The Morgan fingerprint density at radius 1 is 0.907 bits per heavy atom. The lowest BCUT2D eigenvalue weighted by Gasteiger charge is -2.40. The van der Waals surface area contributed by atoms with Gasteiger partial charge in [-0.3, -0.25) is 9.59 Å². The Bertz CT molecular complexity index is 1470. The third kappa shape index (κ3) is 7.90. The van der Waals surface area contributed by atoms with E-state index in [1.165, 1.54) is 0 Å². The largest absolute Gasteiger partial charge is 0.466 e. The molecular formula is C34H41N3O5S. The van der Waals surface area contributed by atoms with Gasteiger partial charge in [-0.1, -0.05) is 66.7 Å². The molecule has 1 saturated carbocycles. The number of hydrogen-bond acceptors (Lipinski definition) is 6. The SMILES string of the molecule is CCOC(=O)CCc1ccc(-c2ccc(S(=O)(=O)NC3CCC(C(=O)N4CCNC[C@@H]4c4ccccc4)CC3)cc2)cc1. The van der Waals surface area contributed by atoms with Crippen LogP contribution in [0.15, 0.2) is 83.8 Å². The van der Waals surface area contributed by atoms with Crippen molar-refractivity contribution in [3.05, 3.63) is 90.0 Å². The quantitative estimate of drug-likeness (QED) is 0.321. The molecule has 228 valence electrons. The first kappa shape index (κ1) is 30.9. The van der Waals surface area contributed by atoms with Gasteiger partial charge < -0.3 is 15.0 Å². The van der Waals surface area contributed by atoms with Crippen LogP contribution in [0.5, 0.6) is 0 Å². The first-order valence-electron chi connectivity index (χ1n) is 15.3. The van der Waals surface area contributed by atoms with Crippen LogP contribution in [0.2, 0.25) is 0 Å². The molecule has 0 radical (unpaired) electrons. The first-order valence-corrected chi connectivity index (χ1v) is 16.8. The third-order valence-electron chi connectivity index (χ3n) is 8.48. The Morgan fingerprint density at radius 2 is 1.56 bits per heavy atom. The highest BCUT2D eigenvalue weighted by atomic mass is 32.2. The first-order chi connectivity index (χ1) is 20.8. The molecule has 1 aliphatic carbocycles. The Morgan fingerprint density at radius 3 is 2.21 bits per heavy atom. The van der Waals surface area contributed by atoms with Crippen LogP contribution in [-0.2, 0) is 30.8 Å². The number of rotatable bonds is 10. The van der Waals surface area contributed by atoms with Gasteiger partial charge in [0.2, 0.25) is 15.9 Å². The van der Waals surface area contributed by atoms with E-state index >= 15 is 0 Å². The van der Waals surface area contributed by atoms with Crippen LogP contribution in [0.3, 0.4) is 0 Å². The zero-order valence-electron chi connectivity index (χ0n) is 24.7. The molecule has 3 aromatic carbocycles.